The van der Waals surface area contributed by atoms with Gasteiger partial charge in [0.05, 0.1) is 26.5 Å². The smallest absolute Gasteiger partial charge is 0.356 e. The standard InChI is InChI=1S/C30H54N5O5P/c1-4-7-8-9-10-11-12-13-14-15-16-17-18-19-20-21-27(36)34-29-28-30(32-24-31-29)35(25-33-28)22-23-38-26-41(37,39-5-2)40-6-3/h13-14,24,33H,4-12,15-23,25-26H2,1-3H3,(H,31,32,34,36). The molecule has 1 aromatic rings. The molecule has 1 amide bonds. The maximum absolute atomic E-state index is 12.5. The van der Waals surface area contributed by atoms with Crippen LogP contribution < -0.4 is 15.5 Å². The zero-order valence-corrected chi connectivity index (χ0v) is 26.6. The summed E-state index contributed by atoms with van der Waals surface area (Å²) >= 11 is 0. The lowest BCUT2D eigenvalue weighted by Crippen LogP contribution is -2.27. The molecule has 0 atom stereocenters. The van der Waals surface area contributed by atoms with E-state index in [0.29, 0.717) is 56.8 Å². The third-order valence-corrected chi connectivity index (χ3v) is 8.71. The minimum atomic E-state index is -3.23. The molecule has 1 aliphatic heterocycles. The minimum absolute atomic E-state index is 0.0327. The van der Waals surface area contributed by atoms with Crippen molar-refractivity contribution in [2.45, 2.75) is 111 Å². The molecule has 0 saturated heterocycles. The van der Waals surface area contributed by atoms with Crippen LogP contribution in [0, 0.1) is 0 Å². The number of carbonyl (C=O) groups excluding carboxylic acids is 1. The van der Waals surface area contributed by atoms with Crippen molar-refractivity contribution in [1.29, 1.82) is 0 Å². The average Bonchev–Trinajstić information content (AvgIpc) is 3.37. The van der Waals surface area contributed by atoms with Gasteiger partial charge >= 0.3 is 7.60 Å². The zero-order valence-electron chi connectivity index (χ0n) is 25.7. The highest BCUT2D eigenvalue weighted by Crippen LogP contribution is 2.47. The predicted molar refractivity (Wildman–Crippen MR) is 168 cm³/mol. The summed E-state index contributed by atoms with van der Waals surface area (Å²) in [5.41, 5.74) is 0.708. The Morgan fingerprint density at radius 3 is 2.24 bits per heavy atom. The molecular weight excluding hydrogens is 541 g/mol. The Labute approximate surface area is 247 Å². The van der Waals surface area contributed by atoms with E-state index in [9.17, 15) is 9.36 Å². The maximum atomic E-state index is 12.5. The first kappa shape index (κ1) is 35.2. The molecule has 0 saturated carbocycles. The molecule has 2 heterocycles. The van der Waals surface area contributed by atoms with E-state index in [1.165, 1.54) is 64.1 Å². The number of unbranched alkanes of at least 4 members (excludes halogenated alkanes) is 11. The molecule has 1 aromatic heterocycles. The van der Waals surface area contributed by atoms with Crippen LogP contribution in [0.3, 0.4) is 0 Å². The first-order valence-electron chi connectivity index (χ1n) is 15.8. The first-order valence-corrected chi connectivity index (χ1v) is 17.5. The van der Waals surface area contributed by atoms with Crippen LogP contribution in [0.1, 0.15) is 111 Å². The van der Waals surface area contributed by atoms with Gasteiger partial charge in [-0.05, 0) is 46.0 Å². The quantitative estimate of drug-likeness (QED) is 0.0661. The molecule has 0 fully saturated rings. The summed E-state index contributed by atoms with van der Waals surface area (Å²) in [6.45, 7) is 7.77. The number of allylic oxidation sites excluding steroid dienone is 2. The van der Waals surface area contributed by atoms with Crippen LogP contribution in [0.25, 0.3) is 0 Å². The Hall–Kier alpha value is -2.00. The van der Waals surface area contributed by atoms with Crippen LogP contribution in [0.5, 0.6) is 0 Å². The van der Waals surface area contributed by atoms with Crippen molar-refractivity contribution < 1.29 is 23.1 Å². The molecule has 0 bridgehead atoms. The summed E-state index contributed by atoms with van der Waals surface area (Å²) in [5, 5.41) is 6.20. The van der Waals surface area contributed by atoms with Crippen LogP contribution in [0.2, 0.25) is 0 Å². The minimum Gasteiger partial charge on any atom is -0.367 e. The van der Waals surface area contributed by atoms with Crippen LogP contribution in [-0.2, 0) is 23.1 Å². The highest BCUT2D eigenvalue weighted by Gasteiger charge is 2.26. The number of amides is 1. The van der Waals surface area contributed by atoms with E-state index in [1.54, 1.807) is 13.8 Å². The van der Waals surface area contributed by atoms with Gasteiger partial charge in [-0.25, -0.2) is 9.97 Å². The highest BCUT2D eigenvalue weighted by molar-refractivity contribution is 7.53. The second-order valence-electron chi connectivity index (χ2n) is 10.4. The van der Waals surface area contributed by atoms with Gasteiger partial charge in [-0.15, -0.1) is 0 Å². The van der Waals surface area contributed by atoms with E-state index < -0.39 is 7.60 Å². The third-order valence-electron chi connectivity index (χ3n) is 6.90. The number of hydrogen-bond donors (Lipinski definition) is 2. The number of hydrogen-bond acceptors (Lipinski definition) is 9. The first-order chi connectivity index (χ1) is 20.0. The summed E-state index contributed by atoms with van der Waals surface area (Å²) < 4.78 is 28.6. The molecule has 0 aliphatic carbocycles. The van der Waals surface area contributed by atoms with Crippen molar-refractivity contribution in [1.82, 2.24) is 9.97 Å². The van der Waals surface area contributed by atoms with E-state index in [0.717, 1.165) is 25.7 Å². The molecule has 1 aliphatic rings. The van der Waals surface area contributed by atoms with Gasteiger partial charge in [-0.3, -0.25) is 9.36 Å². The average molecular weight is 596 g/mol. The molecule has 234 valence electrons. The van der Waals surface area contributed by atoms with Gasteiger partial charge in [-0.1, -0.05) is 70.4 Å². The topological polar surface area (TPSA) is 115 Å². The van der Waals surface area contributed by atoms with Crippen molar-refractivity contribution in [3.05, 3.63) is 18.5 Å². The van der Waals surface area contributed by atoms with Crippen molar-refractivity contribution in [3.63, 3.8) is 0 Å². The zero-order chi connectivity index (χ0) is 29.6. The van der Waals surface area contributed by atoms with Crippen LogP contribution >= 0.6 is 7.60 Å². The molecule has 10 nitrogen and oxygen atoms in total. The molecule has 11 heteroatoms. The van der Waals surface area contributed by atoms with E-state index >= 15 is 0 Å². The molecule has 41 heavy (non-hydrogen) atoms. The van der Waals surface area contributed by atoms with Gasteiger partial charge in [0.1, 0.15) is 18.4 Å². The summed E-state index contributed by atoms with van der Waals surface area (Å²) in [7, 11) is -3.23. The Balaban J connectivity index is 1.58. The maximum Gasteiger partial charge on any atom is 0.356 e. The number of fused-ring (bicyclic) bond motifs is 1. The lowest BCUT2D eigenvalue weighted by atomic mass is 10.1. The van der Waals surface area contributed by atoms with Crippen molar-refractivity contribution >= 4 is 30.8 Å². The summed E-state index contributed by atoms with van der Waals surface area (Å²) in [6, 6.07) is 0. The number of carbonyl (C=O) groups is 1. The Bertz CT molecular complexity index is 923. The van der Waals surface area contributed by atoms with Gasteiger partial charge in [0.25, 0.3) is 0 Å². The predicted octanol–water partition coefficient (Wildman–Crippen LogP) is 7.88. The number of nitrogens with zero attached hydrogens (tertiary/aromatic N) is 3. The third kappa shape index (κ3) is 14.6. The van der Waals surface area contributed by atoms with E-state index in [2.05, 4.69) is 39.7 Å². The fourth-order valence-corrected chi connectivity index (χ4v) is 6.08. The lowest BCUT2D eigenvalue weighted by Gasteiger charge is -2.19. The molecule has 2 rings (SSSR count). The van der Waals surface area contributed by atoms with Crippen LogP contribution in [0.15, 0.2) is 18.5 Å². The van der Waals surface area contributed by atoms with E-state index in [1.807, 2.05) is 4.90 Å². The highest BCUT2D eigenvalue weighted by atomic mass is 31.2. The molecule has 0 radical (unpaired) electrons. The van der Waals surface area contributed by atoms with E-state index in [-0.39, 0.29) is 12.3 Å². The molecule has 2 N–H and O–H groups in total. The van der Waals surface area contributed by atoms with Gasteiger partial charge < -0.3 is 29.3 Å². The van der Waals surface area contributed by atoms with Crippen LogP contribution in [0.4, 0.5) is 17.3 Å². The molecular formula is C30H54N5O5P. The summed E-state index contributed by atoms with van der Waals surface area (Å²) in [5.74, 6) is 1.17. The fourth-order valence-electron chi connectivity index (χ4n) is 4.72. The number of ether oxygens (including phenoxy) is 1. The van der Waals surface area contributed by atoms with Crippen LogP contribution in [-0.4, -0.2) is 55.3 Å². The van der Waals surface area contributed by atoms with Crippen molar-refractivity contribution in [2.75, 3.05) is 54.9 Å². The van der Waals surface area contributed by atoms with Gasteiger partial charge in [-0.2, -0.15) is 0 Å². The largest absolute Gasteiger partial charge is 0.367 e. The number of nitrogens with one attached hydrogen (secondary N) is 2. The Morgan fingerprint density at radius 2 is 1.59 bits per heavy atom. The molecule has 0 aromatic carbocycles. The van der Waals surface area contributed by atoms with Gasteiger partial charge in [0.15, 0.2) is 11.6 Å². The number of rotatable bonds is 25. The Kier molecular flexibility index (Phi) is 18.6. The number of anilines is 3. The summed E-state index contributed by atoms with van der Waals surface area (Å²) in [4.78, 5) is 23.2. The normalized spacial score (nSPS) is 13.1. The lowest BCUT2D eigenvalue weighted by molar-refractivity contribution is -0.116. The Morgan fingerprint density at radius 1 is 0.951 bits per heavy atom. The van der Waals surface area contributed by atoms with Gasteiger partial charge in [0, 0.05) is 13.0 Å². The SMILES string of the molecule is CCCCCCCCC=CCCCCCCCC(=O)Nc1ncnc2c1NCN2CCOCP(=O)(OCC)OCC. The monoisotopic (exact) mass is 595 g/mol. The van der Waals surface area contributed by atoms with Gasteiger partial charge in [0.2, 0.25) is 5.91 Å². The molecule has 0 unspecified atom stereocenters. The summed E-state index contributed by atoms with van der Waals surface area (Å²) in [6.07, 6.45) is 22.5. The van der Waals surface area contributed by atoms with E-state index in [4.69, 9.17) is 13.8 Å². The van der Waals surface area contributed by atoms with Crippen molar-refractivity contribution in [2.24, 2.45) is 0 Å². The fraction of sp³-hybridized carbons (Fsp3) is 0.767. The van der Waals surface area contributed by atoms with Crippen molar-refractivity contribution in [3.8, 4) is 0 Å². The number of aromatic nitrogens is 2. The second-order valence-corrected chi connectivity index (χ2v) is 12.4. The molecule has 0 spiro atoms. The second kappa shape index (κ2) is 21.7.